The number of nitrogens with zero attached hydrogens (tertiary/aromatic N) is 5. The number of ether oxygens (including phenoxy) is 1. The molecule has 1 saturated heterocycles. The standard InChI is InChI=1S/C22H25N7O/c1-30-15-10-28(11-15)12-19-26-20-21(29(19)14-3-2-4-14)16-6-5-13(17-7-8-24-27-17)9-18(16)25-22(20)23/h5-9,14-15H,2-4,10-12H2,1H3,(H2,23,25)(H,24,27). The first-order valence-electron chi connectivity index (χ1n) is 10.6. The predicted molar refractivity (Wildman–Crippen MR) is 116 cm³/mol. The number of hydrogen-bond acceptors (Lipinski definition) is 6. The van der Waals surface area contributed by atoms with E-state index in [9.17, 15) is 0 Å². The van der Waals surface area contributed by atoms with Crippen molar-refractivity contribution >= 4 is 27.8 Å². The molecule has 1 saturated carbocycles. The second-order valence-electron chi connectivity index (χ2n) is 8.43. The number of hydrogen-bond donors (Lipinski definition) is 2. The van der Waals surface area contributed by atoms with Gasteiger partial charge in [-0.2, -0.15) is 5.10 Å². The molecule has 2 fully saturated rings. The molecule has 1 aromatic carbocycles. The average molecular weight is 403 g/mol. The summed E-state index contributed by atoms with van der Waals surface area (Å²) in [6, 6.07) is 8.78. The summed E-state index contributed by atoms with van der Waals surface area (Å²) in [4.78, 5) is 12.1. The van der Waals surface area contributed by atoms with Gasteiger partial charge in [-0.25, -0.2) is 9.97 Å². The molecule has 0 amide bonds. The number of rotatable bonds is 5. The summed E-state index contributed by atoms with van der Waals surface area (Å²) in [6.45, 7) is 2.72. The van der Waals surface area contributed by atoms with Crippen LogP contribution in [0.25, 0.3) is 33.2 Å². The maximum atomic E-state index is 6.41. The van der Waals surface area contributed by atoms with Crippen LogP contribution in [-0.2, 0) is 11.3 Å². The Morgan fingerprint density at radius 3 is 2.77 bits per heavy atom. The van der Waals surface area contributed by atoms with Crippen molar-refractivity contribution < 1.29 is 4.74 Å². The minimum atomic E-state index is 0.333. The molecule has 30 heavy (non-hydrogen) atoms. The number of anilines is 1. The Bertz CT molecular complexity index is 1220. The van der Waals surface area contributed by atoms with Gasteiger partial charge in [0, 0.05) is 43.4 Å². The number of likely N-dealkylation sites (tertiary alicyclic amines) is 1. The highest BCUT2D eigenvalue weighted by molar-refractivity contribution is 6.07. The van der Waals surface area contributed by atoms with E-state index < -0.39 is 0 Å². The molecule has 2 aliphatic rings. The molecule has 3 N–H and O–H groups in total. The minimum Gasteiger partial charge on any atom is -0.382 e. The fourth-order valence-electron chi connectivity index (χ4n) is 4.66. The SMILES string of the molecule is COC1CN(Cc2nc3c(N)nc4cc(-c5ccn[nH]5)ccc4c3n2C2CCC2)C1. The van der Waals surface area contributed by atoms with Crippen LogP contribution in [0, 0.1) is 0 Å². The quantitative estimate of drug-likeness (QED) is 0.531. The highest BCUT2D eigenvalue weighted by Crippen LogP contribution is 2.39. The average Bonchev–Trinajstić information content (AvgIpc) is 3.32. The van der Waals surface area contributed by atoms with E-state index in [4.69, 9.17) is 20.4 Å². The molecule has 0 spiro atoms. The third kappa shape index (κ3) is 2.71. The Kier molecular flexibility index (Phi) is 4.04. The second kappa shape index (κ2) is 6.78. The van der Waals surface area contributed by atoms with Crippen molar-refractivity contribution in [2.75, 3.05) is 25.9 Å². The van der Waals surface area contributed by atoms with Crippen LogP contribution in [0.3, 0.4) is 0 Å². The van der Waals surface area contributed by atoms with Crippen molar-refractivity contribution in [3.05, 3.63) is 36.3 Å². The number of pyridine rings is 1. The fraction of sp³-hybridized carbons (Fsp3) is 0.409. The van der Waals surface area contributed by atoms with E-state index in [1.165, 1.54) is 19.3 Å². The van der Waals surface area contributed by atoms with Gasteiger partial charge in [0.2, 0.25) is 0 Å². The molecular weight excluding hydrogens is 378 g/mol. The summed E-state index contributed by atoms with van der Waals surface area (Å²) in [6.07, 6.45) is 5.73. The van der Waals surface area contributed by atoms with Gasteiger partial charge in [-0.05, 0) is 37.5 Å². The van der Waals surface area contributed by atoms with Crippen molar-refractivity contribution in [2.45, 2.75) is 38.0 Å². The first-order valence-corrected chi connectivity index (χ1v) is 10.6. The topological polar surface area (TPSA) is 97.9 Å². The van der Waals surface area contributed by atoms with Crippen molar-refractivity contribution in [2.24, 2.45) is 0 Å². The Morgan fingerprint density at radius 2 is 2.07 bits per heavy atom. The molecule has 6 rings (SSSR count). The van der Waals surface area contributed by atoms with E-state index in [-0.39, 0.29) is 0 Å². The first-order chi connectivity index (χ1) is 14.7. The van der Waals surface area contributed by atoms with Crippen molar-refractivity contribution in [3.8, 4) is 11.3 Å². The van der Waals surface area contributed by atoms with Crippen LogP contribution >= 0.6 is 0 Å². The van der Waals surface area contributed by atoms with Gasteiger partial charge in [0.15, 0.2) is 5.82 Å². The number of benzene rings is 1. The van der Waals surface area contributed by atoms with Crippen LogP contribution in [0.4, 0.5) is 5.82 Å². The third-order valence-corrected chi connectivity index (χ3v) is 6.59. The number of aromatic amines is 1. The number of H-pyrrole nitrogens is 1. The summed E-state index contributed by atoms with van der Waals surface area (Å²) in [7, 11) is 1.78. The zero-order chi connectivity index (χ0) is 20.2. The van der Waals surface area contributed by atoms with Crippen LogP contribution in [-0.4, -0.2) is 55.9 Å². The monoisotopic (exact) mass is 403 g/mol. The number of fused-ring (bicyclic) bond motifs is 3. The molecule has 0 atom stereocenters. The Balaban J connectivity index is 1.50. The van der Waals surface area contributed by atoms with Gasteiger partial charge >= 0.3 is 0 Å². The smallest absolute Gasteiger partial charge is 0.152 e. The predicted octanol–water partition coefficient (Wildman–Crippen LogP) is 3.11. The lowest BCUT2D eigenvalue weighted by Gasteiger charge is -2.38. The summed E-state index contributed by atoms with van der Waals surface area (Å²) < 4.78 is 7.88. The van der Waals surface area contributed by atoms with Gasteiger partial charge in [-0.1, -0.05) is 6.07 Å². The van der Waals surface area contributed by atoms with Gasteiger partial charge < -0.3 is 15.0 Å². The molecule has 0 unspecified atom stereocenters. The molecule has 4 aromatic rings. The fourth-order valence-corrected chi connectivity index (χ4v) is 4.66. The van der Waals surface area contributed by atoms with E-state index >= 15 is 0 Å². The summed E-state index contributed by atoms with van der Waals surface area (Å²) in [5.74, 6) is 1.58. The zero-order valence-corrected chi connectivity index (χ0v) is 17.0. The van der Waals surface area contributed by atoms with Gasteiger partial charge in [-0.3, -0.25) is 10.00 Å². The molecule has 154 valence electrons. The highest BCUT2D eigenvalue weighted by Gasteiger charge is 2.31. The van der Waals surface area contributed by atoms with Crippen LogP contribution in [0.2, 0.25) is 0 Å². The Hall–Kier alpha value is -2.97. The first kappa shape index (κ1) is 17.9. The maximum absolute atomic E-state index is 6.41. The number of nitrogen functional groups attached to an aromatic ring is 1. The number of aromatic nitrogens is 5. The summed E-state index contributed by atoms with van der Waals surface area (Å²) >= 11 is 0. The van der Waals surface area contributed by atoms with E-state index in [1.54, 1.807) is 13.3 Å². The summed E-state index contributed by atoms with van der Waals surface area (Å²) in [5, 5.41) is 8.19. The third-order valence-electron chi connectivity index (χ3n) is 6.59. The van der Waals surface area contributed by atoms with E-state index in [2.05, 4.69) is 37.9 Å². The number of imidazole rings is 1. The molecule has 1 aliphatic heterocycles. The molecule has 0 radical (unpaired) electrons. The lowest BCUT2D eigenvalue weighted by Crippen LogP contribution is -2.51. The Morgan fingerprint density at radius 1 is 1.20 bits per heavy atom. The molecule has 8 heteroatoms. The van der Waals surface area contributed by atoms with Crippen molar-refractivity contribution in [3.63, 3.8) is 0 Å². The van der Waals surface area contributed by atoms with Crippen molar-refractivity contribution in [1.82, 2.24) is 29.6 Å². The molecule has 4 heterocycles. The van der Waals surface area contributed by atoms with Crippen LogP contribution in [0.5, 0.6) is 0 Å². The van der Waals surface area contributed by atoms with Gasteiger partial charge in [0.25, 0.3) is 0 Å². The van der Waals surface area contributed by atoms with Crippen LogP contribution < -0.4 is 5.73 Å². The zero-order valence-electron chi connectivity index (χ0n) is 17.0. The van der Waals surface area contributed by atoms with Crippen molar-refractivity contribution in [1.29, 1.82) is 0 Å². The lowest BCUT2D eigenvalue weighted by molar-refractivity contribution is -0.0351. The normalized spacial score (nSPS) is 18.2. The minimum absolute atomic E-state index is 0.333. The lowest BCUT2D eigenvalue weighted by atomic mass is 9.92. The Labute approximate surface area is 174 Å². The maximum Gasteiger partial charge on any atom is 0.152 e. The number of methoxy groups -OCH3 is 1. The van der Waals surface area contributed by atoms with Crippen LogP contribution in [0.15, 0.2) is 30.5 Å². The number of nitrogens with one attached hydrogen (secondary N) is 1. The number of nitrogens with two attached hydrogens (primary N) is 1. The largest absolute Gasteiger partial charge is 0.382 e. The molecule has 3 aromatic heterocycles. The molecular formula is C22H25N7O. The van der Waals surface area contributed by atoms with E-state index in [0.717, 1.165) is 58.7 Å². The van der Waals surface area contributed by atoms with Gasteiger partial charge in [-0.15, -0.1) is 0 Å². The van der Waals surface area contributed by atoms with E-state index in [1.807, 2.05) is 6.07 Å². The van der Waals surface area contributed by atoms with Gasteiger partial charge in [0.05, 0.1) is 29.4 Å². The molecule has 8 nitrogen and oxygen atoms in total. The highest BCUT2D eigenvalue weighted by atomic mass is 16.5. The molecule has 0 bridgehead atoms. The summed E-state index contributed by atoms with van der Waals surface area (Å²) in [5.41, 5.74) is 11.3. The van der Waals surface area contributed by atoms with E-state index in [0.29, 0.717) is 18.0 Å². The van der Waals surface area contributed by atoms with Gasteiger partial charge in [0.1, 0.15) is 11.3 Å². The molecule has 1 aliphatic carbocycles. The second-order valence-corrected chi connectivity index (χ2v) is 8.43. The van der Waals surface area contributed by atoms with Crippen LogP contribution in [0.1, 0.15) is 31.1 Å².